The van der Waals surface area contributed by atoms with Crippen LogP contribution in [-0.2, 0) is 0 Å². The van der Waals surface area contributed by atoms with Crippen LogP contribution >= 0.6 is 11.6 Å². The number of hydrogen-bond acceptors (Lipinski definition) is 2. The topological polar surface area (TPSA) is 21.3 Å². The fourth-order valence-electron chi connectivity index (χ4n) is 2.28. The molecule has 0 saturated carbocycles. The van der Waals surface area contributed by atoms with Crippen molar-refractivity contribution in [3.8, 4) is 5.75 Å². The molecule has 1 unspecified atom stereocenters. The molecule has 0 aliphatic rings. The van der Waals surface area contributed by atoms with Gasteiger partial charge in [-0.3, -0.25) is 0 Å². The van der Waals surface area contributed by atoms with Gasteiger partial charge in [0.1, 0.15) is 17.4 Å². The van der Waals surface area contributed by atoms with E-state index in [1.807, 2.05) is 6.92 Å². The molecule has 2 aromatic rings. The van der Waals surface area contributed by atoms with Gasteiger partial charge in [0, 0.05) is 16.1 Å². The van der Waals surface area contributed by atoms with E-state index in [-0.39, 0.29) is 5.56 Å². The first-order valence-corrected chi connectivity index (χ1v) is 6.97. The average Bonchev–Trinajstić information content (AvgIpc) is 2.46. The summed E-state index contributed by atoms with van der Waals surface area (Å²) in [6.45, 7) is 2.42. The third kappa shape index (κ3) is 3.34. The Kier molecular flexibility index (Phi) is 5.15. The van der Waals surface area contributed by atoms with Crippen molar-refractivity contribution in [1.82, 2.24) is 5.32 Å². The Morgan fingerprint density at radius 3 is 2.43 bits per heavy atom. The van der Waals surface area contributed by atoms with Crippen LogP contribution in [-0.4, -0.2) is 13.7 Å². The fraction of sp³-hybridized carbons (Fsp3) is 0.250. The smallest absolute Gasteiger partial charge is 0.131 e. The van der Waals surface area contributed by atoms with Crippen molar-refractivity contribution < 1.29 is 13.5 Å². The number of nitrogens with one attached hydrogen (secondary N) is 1. The first-order valence-electron chi connectivity index (χ1n) is 6.59. The molecule has 0 saturated heterocycles. The summed E-state index contributed by atoms with van der Waals surface area (Å²) in [5.41, 5.74) is 0.604. The monoisotopic (exact) mass is 311 g/mol. The third-order valence-electron chi connectivity index (χ3n) is 3.20. The van der Waals surface area contributed by atoms with Gasteiger partial charge in [-0.15, -0.1) is 0 Å². The number of halogens is 3. The van der Waals surface area contributed by atoms with E-state index in [9.17, 15) is 8.78 Å². The van der Waals surface area contributed by atoms with Crippen LogP contribution < -0.4 is 10.1 Å². The van der Waals surface area contributed by atoms with E-state index in [1.54, 1.807) is 18.2 Å². The van der Waals surface area contributed by atoms with Crippen LogP contribution in [0.25, 0.3) is 0 Å². The van der Waals surface area contributed by atoms with E-state index < -0.39 is 17.7 Å². The van der Waals surface area contributed by atoms with Crippen LogP contribution in [0.4, 0.5) is 8.78 Å². The Hall–Kier alpha value is -1.65. The molecule has 0 aromatic heterocycles. The van der Waals surface area contributed by atoms with Crippen LogP contribution in [0.2, 0.25) is 5.02 Å². The SMILES string of the molecule is CCNC(c1ccc(Cl)cc1OC)c1c(F)cccc1F. The highest BCUT2D eigenvalue weighted by atomic mass is 35.5. The Morgan fingerprint density at radius 1 is 1.19 bits per heavy atom. The maximum Gasteiger partial charge on any atom is 0.131 e. The predicted molar refractivity (Wildman–Crippen MR) is 79.9 cm³/mol. The summed E-state index contributed by atoms with van der Waals surface area (Å²) >= 11 is 5.94. The van der Waals surface area contributed by atoms with Gasteiger partial charge in [0.2, 0.25) is 0 Å². The molecule has 0 spiro atoms. The number of methoxy groups -OCH3 is 1. The number of benzene rings is 2. The highest BCUT2D eigenvalue weighted by Crippen LogP contribution is 2.34. The van der Waals surface area contributed by atoms with Gasteiger partial charge in [-0.2, -0.15) is 0 Å². The van der Waals surface area contributed by atoms with Gasteiger partial charge in [-0.05, 0) is 30.8 Å². The van der Waals surface area contributed by atoms with Gasteiger partial charge in [0.25, 0.3) is 0 Å². The molecule has 0 radical (unpaired) electrons. The lowest BCUT2D eigenvalue weighted by molar-refractivity contribution is 0.402. The van der Waals surface area contributed by atoms with Gasteiger partial charge in [-0.25, -0.2) is 8.78 Å². The van der Waals surface area contributed by atoms with E-state index in [4.69, 9.17) is 16.3 Å². The summed E-state index contributed by atoms with van der Waals surface area (Å²) in [4.78, 5) is 0. The second kappa shape index (κ2) is 6.87. The van der Waals surface area contributed by atoms with Crippen molar-refractivity contribution in [2.45, 2.75) is 13.0 Å². The van der Waals surface area contributed by atoms with Crippen LogP contribution in [0.15, 0.2) is 36.4 Å². The van der Waals surface area contributed by atoms with Gasteiger partial charge in [0.15, 0.2) is 0 Å². The number of ether oxygens (including phenoxy) is 1. The molecule has 0 fully saturated rings. The molecule has 112 valence electrons. The summed E-state index contributed by atoms with van der Waals surface area (Å²) in [7, 11) is 1.50. The zero-order valence-electron chi connectivity index (χ0n) is 11.8. The third-order valence-corrected chi connectivity index (χ3v) is 3.44. The van der Waals surface area contributed by atoms with Crippen molar-refractivity contribution in [3.05, 3.63) is 64.2 Å². The Bertz CT molecular complexity index is 613. The van der Waals surface area contributed by atoms with Crippen LogP contribution in [0.3, 0.4) is 0 Å². The maximum atomic E-state index is 14.1. The Labute approximate surface area is 127 Å². The van der Waals surface area contributed by atoms with E-state index in [0.717, 1.165) is 0 Å². The fourth-order valence-corrected chi connectivity index (χ4v) is 2.44. The largest absolute Gasteiger partial charge is 0.496 e. The van der Waals surface area contributed by atoms with Crippen LogP contribution in [0.1, 0.15) is 24.1 Å². The highest BCUT2D eigenvalue weighted by Gasteiger charge is 2.24. The lowest BCUT2D eigenvalue weighted by Crippen LogP contribution is -2.24. The van der Waals surface area contributed by atoms with Crippen molar-refractivity contribution in [2.75, 3.05) is 13.7 Å². The van der Waals surface area contributed by atoms with Gasteiger partial charge in [0.05, 0.1) is 13.2 Å². The molecule has 0 aliphatic heterocycles. The summed E-state index contributed by atoms with van der Waals surface area (Å²) in [6.07, 6.45) is 0. The molecule has 0 bridgehead atoms. The molecule has 2 aromatic carbocycles. The Morgan fingerprint density at radius 2 is 1.86 bits per heavy atom. The minimum atomic E-state index is -0.650. The molecular weight excluding hydrogens is 296 g/mol. The molecule has 1 N–H and O–H groups in total. The molecule has 2 nitrogen and oxygen atoms in total. The van der Waals surface area contributed by atoms with Crippen molar-refractivity contribution in [1.29, 1.82) is 0 Å². The lowest BCUT2D eigenvalue weighted by atomic mass is 9.96. The maximum absolute atomic E-state index is 14.1. The standard InChI is InChI=1S/C16H16ClF2NO/c1-3-20-16(15-12(18)5-4-6-13(15)19)11-8-7-10(17)9-14(11)21-2/h4-9,16,20H,3H2,1-2H3. The zero-order valence-corrected chi connectivity index (χ0v) is 12.5. The lowest BCUT2D eigenvalue weighted by Gasteiger charge is -2.22. The molecular formula is C16H16ClF2NO. The van der Waals surface area contributed by atoms with Crippen molar-refractivity contribution in [2.24, 2.45) is 0 Å². The second-order valence-corrected chi connectivity index (χ2v) is 4.95. The van der Waals surface area contributed by atoms with Gasteiger partial charge in [-0.1, -0.05) is 30.7 Å². The van der Waals surface area contributed by atoms with Crippen LogP contribution in [0.5, 0.6) is 5.75 Å². The second-order valence-electron chi connectivity index (χ2n) is 4.51. The molecule has 0 aliphatic carbocycles. The number of rotatable bonds is 5. The molecule has 0 heterocycles. The van der Waals surface area contributed by atoms with E-state index in [1.165, 1.54) is 25.3 Å². The minimum Gasteiger partial charge on any atom is -0.496 e. The predicted octanol–water partition coefficient (Wildman–Crippen LogP) is 4.33. The first kappa shape index (κ1) is 15.7. The summed E-state index contributed by atoms with van der Waals surface area (Å²) < 4.78 is 33.4. The molecule has 0 amide bonds. The van der Waals surface area contributed by atoms with Crippen molar-refractivity contribution >= 4 is 11.6 Å². The van der Waals surface area contributed by atoms with E-state index in [2.05, 4.69) is 5.32 Å². The molecule has 1 atom stereocenters. The van der Waals surface area contributed by atoms with Crippen molar-refractivity contribution in [3.63, 3.8) is 0 Å². The average molecular weight is 312 g/mol. The summed E-state index contributed by atoms with van der Waals surface area (Å²) in [5.74, 6) is -0.716. The molecule has 2 rings (SSSR count). The van der Waals surface area contributed by atoms with Crippen LogP contribution in [0, 0.1) is 11.6 Å². The van der Waals surface area contributed by atoms with E-state index in [0.29, 0.717) is 22.9 Å². The number of hydrogen-bond donors (Lipinski definition) is 1. The first-order chi connectivity index (χ1) is 10.1. The van der Waals surface area contributed by atoms with Gasteiger partial charge >= 0.3 is 0 Å². The Balaban J connectivity index is 2.59. The highest BCUT2D eigenvalue weighted by molar-refractivity contribution is 6.30. The summed E-state index contributed by atoms with van der Waals surface area (Å²) in [5, 5.41) is 3.59. The minimum absolute atomic E-state index is 0.0278. The van der Waals surface area contributed by atoms with E-state index >= 15 is 0 Å². The summed E-state index contributed by atoms with van der Waals surface area (Å²) in [6, 6.07) is 8.18. The molecule has 21 heavy (non-hydrogen) atoms. The zero-order chi connectivity index (χ0) is 15.4. The van der Waals surface area contributed by atoms with Gasteiger partial charge < -0.3 is 10.1 Å². The quantitative estimate of drug-likeness (QED) is 0.887. The normalized spacial score (nSPS) is 12.2. The molecule has 5 heteroatoms.